The zero-order valence-electron chi connectivity index (χ0n) is 19.5. The maximum absolute atomic E-state index is 6.11. The highest BCUT2D eigenvalue weighted by molar-refractivity contribution is 8.02. The number of benzene rings is 5. The normalized spacial score (nSPS) is 12.6. The van der Waals surface area contributed by atoms with E-state index in [1.165, 1.54) is 43.1 Å². The van der Waals surface area contributed by atoms with Gasteiger partial charge in [-0.2, -0.15) is 0 Å². The molecule has 0 aromatic heterocycles. The molecule has 0 amide bonds. The molecule has 3 nitrogen and oxygen atoms in total. The number of hydrogen-bond acceptors (Lipinski definition) is 2. The minimum Gasteiger partial charge on any atom is -1.00 e. The van der Waals surface area contributed by atoms with Crippen molar-refractivity contribution in [2.45, 2.75) is 0 Å². The van der Waals surface area contributed by atoms with E-state index in [0.717, 1.165) is 11.5 Å². The first-order valence-electron chi connectivity index (χ1n) is 11.1. The summed E-state index contributed by atoms with van der Waals surface area (Å²) in [5.41, 5.74) is 2.43. The van der Waals surface area contributed by atoms with Gasteiger partial charge in [0.25, 0.3) is 0 Å². The van der Waals surface area contributed by atoms with Crippen molar-refractivity contribution < 1.29 is 27.4 Å². The van der Waals surface area contributed by atoms with Crippen LogP contribution in [0, 0.1) is 0 Å². The van der Waals surface area contributed by atoms with Crippen LogP contribution in [-0.4, -0.2) is 19.7 Å². The lowest BCUT2D eigenvalue weighted by Gasteiger charge is -2.34. The van der Waals surface area contributed by atoms with Gasteiger partial charge in [-0.05, 0) is 47.3 Å². The Morgan fingerprint density at radius 3 is 1.77 bits per heavy atom. The third kappa shape index (κ3) is 3.51. The van der Waals surface area contributed by atoms with Gasteiger partial charge in [0, 0.05) is 17.0 Å². The Labute approximate surface area is 212 Å². The minimum absolute atomic E-state index is 0. The first kappa shape index (κ1) is 24.8. The van der Waals surface area contributed by atoms with E-state index in [1.54, 1.807) is 14.2 Å². The summed E-state index contributed by atoms with van der Waals surface area (Å²) in [4.78, 5) is 0. The summed E-state index contributed by atoms with van der Waals surface area (Å²) in [6.45, 7) is 0. The monoisotopic (exact) mass is 500 g/mol. The lowest BCUT2D eigenvalue weighted by Crippen LogP contribution is -3.00. The number of rotatable bonds is 4. The molecule has 0 bridgehead atoms. The molecule has 35 heavy (non-hydrogen) atoms. The second-order valence-corrected chi connectivity index (χ2v) is 11.6. The van der Waals surface area contributed by atoms with Crippen LogP contribution in [0.3, 0.4) is 0 Å². The van der Waals surface area contributed by atoms with Crippen LogP contribution in [0.5, 0.6) is 11.5 Å². The molecule has 0 atom stereocenters. The van der Waals surface area contributed by atoms with Gasteiger partial charge < -0.3 is 27.4 Å². The van der Waals surface area contributed by atoms with Crippen LogP contribution in [0.4, 0.5) is 0 Å². The Hall–Kier alpha value is -3.36. The Bertz CT molecular complexity index is 1440. The third-order valence-electron chi connectivity index (χ3n) is 6.66. The van der Waals surface area contributed by atoms with E-state index in [-0.39, 0.29) is 17.9 Å². The second-order valence-electron chi connectivity index (χ2n) is 8.25. The molecule has 1 aliphatic rings. The van der Waals surface area contributed by atoms with Gasteiger partial charge in [0.1, 0.15) is 28.9 Å². The van der Waals surface area contributed by atoms with E-state index in [9.17, 15) is 0 Å². The Morgan fingerprint density at radius 1 is 0.600 bits per heavy atom. The third-order valence-corrected chi connectivity index (χ3v) is 11.0. The van der Waals surface area contributed by atoms with Crippen molar-refractivity contribution >= 4 is 39.3 Å². The van der Waals surface area contributed by atoms with Crippen LogP contribution in [0.15, 0.2) is 109 Å². The van der Waals surface area contributed by atoms with E-state index in [4.69, 9.17) is 9.47 Å². The van der Waals surface area contributed by atoms with Crippen molar-refractivity contribution in [2.24, 2.45) is 0 Å². The fourth-order valence-electron chi connectivity index (χ4n) is 5.34. The van der Waals surface area contributed by atoms with Crippen molar-refractivity contribution in [1.29, 1.82) is 0 Å². The minimum atomic E-state index is -2.26. The quantitative estimate of drug-likeness (QED) is 0.346. The van der Waals surface area contributed by atoms with E-state index in [2.05, 4.69) is 103 Å². The lowest BCUT2D eigenvalue weighted by atomic mass is 9.97. The molecule has 5 aromatic carbocycles. The van der Waals surface area contributed by atoms with Gasteiger partial charge in [0.05, 0.1) is 14.2 Å². The van der Waals surface area contributed by atoms with Crippen molar-refractivity contribution in [1.82, 2.24) is 0 Å². The molecular weight excluding hydrogens is 475 g/mol. The molecule has 6 rings (SSSR count). The van der Waals surface area contributed by atoms with Crippen LogP contribution in [0.1, 0.15) is 0 Å². The van der Waals surface area contributed by atoms with Gasteiger partial charge in [0.15, 0.2) is 11.1 Å². The largest absolute Gasteiger partial charge is 1.00 e. The van der Waals surface area contributed by atoms with Gasteiger partial charge >= 0.3 is 0 Å². The second kappa shape index (κ2) is 9.71. The first-order valence-corrected chi connectivity index (χ1v) is 12.9. The van der Waals surface area contributed by atoms with Gasteiger partial charge in [-0.25, -0.2) is 0 Å². The zero-order valence-corrected chi connectivity index (χ0v) is 21.2. The molecule has 176 valence electrons. The SMILES string of the molecule is COc1cc(OC)c2c(c1)-c1cccc3cccc(c13)[P+]2(c1ccccc1)c1ccccc1.O.[Cl-]. The van der Waals surface area contributed by atoms with Crippen molar-refractivity contribution in [3.05, 3.63) is 109 Å². The molecule has 0 radical (unpaired) electrons. The fraction of sp³-hybridized carbons (Fsp3) is 0.0667. The lowest BCUT2D eigenvalue weighted by molar-refractivity contribution is -0.00000805. The standard InChI is InChI=1S/C30H24O2P.ClH.H2O/c1-31-22-19-26-25-17-9-11-21-12-10-18-28(29(21)25)33(23-13-5-3-6-14-23,24-15-7-4-8-16-24)30(26)27(20-22)32-2;;/h3-20H,1-2H3;1H;1H2/q+1;;/p-1. The van der Waals surface area contributed by atoms with Crippen LogP contribution in [-0.2, 0) is 0 Å². The molecule has 0 saturated carbocycles. The predicted molar refractivity (Wildman–Crippen MR) is 144 cm³/mol. The van der Waals surface area contributed by atoms with Gasteiger partial charge in [0.2, 0.25) is 0 Å². The molecule has 0 spiro atoms. The Morgan fingerprint density at radius 2 is 1.20 bits per heavy atom. The van der Waals surface area contributed by atoms with E-state index in [1.807, 2.05) is 6.07 Å². The smallest absolute Gasteiger partial charge is 0.166 e. The highest BCUT2D eigenvalue weighted by Crippen LogP contribution is 2.62. The van der Waals surface area contributed by atoms with Gasteiger partial charge in [-0.3, -0.25) is 0 Å². The molecule has 0 fully saturated rings. The molecule has 2 N–H and O–H groups in total. The zero-order chi connectivity index (χ0) is 22.4. The molecule has 0 aliphatic carbocycles. The van der Waals surface area contributed by atoms with Gasteiger partial charge in [-0.15, -0.1) is 0 Å². The highest BCUT2D eigenvalue weighted by Gasteiger charge is 2.55. The number of methoxy groups -OCH3 is 2. The summed E-state index contributed by atoms with van der Waals surface area (Å²) in [5.74, 6) is 1.68. The summed E-state index contributed by atoms with van der Waals surface area (Å²) < 4.78 is 11.8. The number of ether oxygens (including phenoxy) is 2. The molecule has 1 aliphatic heterocycles. The van der Waals surface area contributed by atoms with Crippen LogP contribution >= 0.6 is 7.26 Å². The number of hydrogen-bond donors (Lipinski definition) is 0. The molecular formula is C30H26ClO3P. The average Bonchev–Trinajstić information content (AvgIpc) is 2.90. The maximum atomic E-state index is 6.11. The summed E-state index contributed by atoms with van der Waals surface area (Å²) >= 11 is 0. The topological polar surface area (TPSA) is 50.0 Å². The van der Waals surface area contributed by atoms with E-state index < -0.39 is 7.26 Å². The summed E-state index contributed by atoms with van der Waals surface area (Å²) in [7, 11) is 1.22. The predicted octanol–water partition coefficient (Wildman–Crippen LogP) is 1.64. The van der Waals surface area contributed by atoms with E-state index >= 15 is 0 Å². The molecule has 0 unspecified atom stereocenters. The fourth-order valence-corrected chi connectivity index (χ4v) is 10.1. The molecule has 5 heteroatoms. The van der Waals surface area contributed by atoms with Crippen LogP contribution < -0.4 is 43.1 Å². The summed E-state index contributed by atoms with van der Waals surface area (Å²) in [5, 5.41) is 7.86. The number of fused-ring (bicyclic) bond motifs is 2. The highest BCUT2D eigenvalue weighted by atomic mass is 35.5. The summed E-state index contributed by atoms with van der Waals surface area (Å²) in [6, 6.07) is 39.5. The molecule has 1 heterocycles. The Balaban J connectivity index is 0.00000144. The Kier molecular flexibility index (Phi) is 6.87. The summed E-state index contributed by atoms with van der Waals surface area (Å²) in [6.07, 6.45) is 0. The average molecular weight is 501 g/mol. The van der Waals surface area contributed by atoms with Crippen molar-refractivity contribution in [2.75, 3.05) is 14.2 Å². The molecule has 0 saturated heterocycles. The van der Waals surface area contributed by atoms with Crippen LogP contribution in [0.25, 0.3) is 21.9 Å². The van der Waals surface area contributed by atoms with Crippen molar-refractivity contribution in [3.8, 4) is 22.6 Å². The maximum Gasteiger partial charge on any atom is 0.166 e. The molecule has 5 aromatic rings. The van der Waals surface area contributed by atoms with Gasteiger partial charge in [-0.1, -0.05) is 66.7 Å². The van der Waals surface area contributed by atoms with E-state index in [0.29, 0.717) is 0 Å². The van der Waals surface area contributed by atoms with Crippen LogP contribution in [0.2, 0.25) is 0 Å². The van der Waals surface area contributed by atoms with Crippen molar-refractivity contribution in [3.63, 3.8) is 0 Å². The number of halogens is 1. The first-order chi connectivity index (χ1) is 16.3.